The summed E-state index contributed by atoms with van der Waals surface area (Å²) in [6.45, 7) is 4.93. The summed E-state index contributed by atoms with van der Waals surface area (Å²) in [4.78, 5) is 17.5. The molecule has 6 heteroatoms. The highest BCUT2D eigenvalue weighted by Gasteiger charge is 2.24. The van der Waals surface area contributed by atoms with Gasteiger partial charge in [-0.05, 0) is 18.5 Å². The number of amides is 2. The number of likely N-dealkylation sites (N-methyl/N-ethyl adjacent to an activating group) is 1. The molecule has 1 aliphatic heterocycles. The molecule has 5 nitrogen and oxygen atoms in total. The summed E-state index contributed by atoms with van der Waals surface area (Å²) in [7, 11) is 3.80. The first-order chi connectivity index (χ1) is 9.20. The summed E-state index contributed by atoms with van der Waals surface area (Å²) in [5, 5.41) is 7.63. The number of piperazine rings is 1. The van der Waals surface area contributed by atoms with Crippen LogP contribution in [0, 0.1) is 0 Å². The molecule has 1 aromatic rings. The van der Waals surface area contributed by atoms with Gasteiger partial charge in [-0.2, -0.15) is 0 Å². The summed E-state index contributed by atoms with van der Waals surface area (Å²) in [6.07, 6.45) is 0. The third-order valence-corrected chi connectivity index (χ3v) is 4.51. The molecule has 1 unspecified atom stereocenters. The van der Waals surface area contributed by atoms with Crippen LogP contribution in [0.5, 0.6) is 0 Å². The van der Waals surface area contributed by atoms with E-state index >= 15 is 0 Å². The number of hydrogen-bond acceptors (Lipinski definition) is 4. The molecular weight excluding hydrogens is 260 g/mol. The second kappa shape index (κ2) is 6.88. The van der Waals surface area contributed by atoms with E-state index in [1.54, 1.807) is 18.4 Å². The van der Waals surface area contributed by atoms with Crippen LogP contribution in [0.3, 0.4) is 0 Å². The fraction of sp³-hybridized carbons (Fsp3) is 0.615. The van der Waals surface area contributed by atoms with Crippen LogP contribution < -0.4 is 10.6 Å². The fourth-order valence-electron chi connectivity index (χ4n) is 2.30. The van der Waals surface area contributed by atoms with E-state index < -0.39 is 0 Å². The lowest BCUT2D eigenvalue weighted by Crippen LogP contribution is -2.49. The number of nitrogens with one attached hydrogen (secondary N) is 2. The van der Waals surface area contributed by atoms with Gasteiger partial charge in [-0.3, -0.25) is 4.90 Å². The molecule has 1 aromatic heterocycles. The van der Waals surface area contributed by atoms with Crippen molar-refractivity contribution in [3.8, 4) is 0 Å². The Balaban J connectivity index is 2.00. The maximum absolute atomic E-state index is 11.4. The largest absolute Gasteiger partial charge is 0.341 e. The van der Waals surface area contributed by atoms with Crippen LogP contribution in [0.4, 0.5) is 4.79 Å². The average molecular weight is 282 g/mol. The van der Waals surface area contributed by atoms with Crippen LogP contribution >= 0.6 is 11.3 Å². The Hall–Kier alpha value is -1.11. The van der Waals surface area contributed by atoms with Gasteiger partial charge in [0.05, 0.1) is 6.04 Å². The Morgan fingerprint density at radius 2 is 2.16 bits per heavy atom. The van der Waals surface area contributed by atoms with Crippen molar-refractivity contribution >= 4 is 17.4 Å². The third kappa shape index (κ3) is 3.92. The van der Waals surface area contributed by atoms with Gasteiger partial charge in [-0.15, -0.1) is 11.3 Å². The van der Waals surface area contributed by atoms with Gasteiger partial charge in [0.1, 0.15) is 0 Å². The zero-order valence-corrected chi connectivity index (χ0v) is 12.4. The normalized spacial score (nSPS) is 19.1. The first-order valence-electron chi connectivity index (χ1n) is 6.62. The number of thiophene rings is 1. The minimum absolute atomic E-state index is 0.115. The van der Waals surface area contributed by atoms with Crippen molar-refractivity contribution in [1.82, 2.24) is 20.4 Å². The van der Waals surface area contributed by atoms with Crippen molar-refractivity contribution in [2.24, 2.45) is 0 Å². The van der Waals surface area contributed by atoms with E-state index in [1.165, 1.54) is 4.88 Å². The quantitative estimate of drug-likeness (QED) is 0.865. The molecular formula is C13H22N4OS. The predicted molar refractivity (Wildman–Crippen MR) is 78.6 cm³/mol. The van der Waals surface area contributed by atoms with Crippen molar-refractivity contribution in [2.75, 3.05) is 46.8 Å². The molecule has 0 bridgehead atoms. The van der Waals surface area contributed by atoms with Gasteiger partial charge in [0, 0.05) is 44.6 Å². The summed E-state index contributed by atoms with van der Waals surface area (Å²) < 4.78 is 0. The zero-order valence-electron chi connectivity index (χ0n) is 11.6. The van der Waals surface area contributed by atoms with Crippen molar-refractivity contribution in [3.63, 3.8) is 0 Å². The molecule has 0 saturated carbocycles. The maximum atomic E-state index is 11.4. The number of urea groups is 1. The lowest BCUT2D eigenvalue weighted by molar-refractivity contribution is 0.112. The minimum atomic E-state index is -0.115. The van der Waals surface area contributed by atoms with Crippen molar-refractivity contribution in [3.05, 3.63) is 22.4 Å². The number of carbonyl (C=O) groups excluding carboxylic acids is 1. The van der Waals surface area contributed by atoms with Gasteiger partial charge < -0.3 is 15.5 Å². The molecule has 0 radical (unpaired) electrons. The van der Waals surface area contributed by atoms with Gasteiger partial charge in [-0.25, -0.2) is 4.79 Å². The van der Waals surface area contributed by atoms with E-state index in [1.807, 2.05) is 0 Å². The van der Waals surface area contributed by atoms with Crippen LogP contribution in [0.1, 0.15) is 10.9 Å². The molecule has 2 rings (SSSR count). The molecule has 2 heterocycles. The third-order valence-electron chi connectivity index (χ3n) is 3.53. The van der Waals surface area contributed by atoms with Gasteiger partial charge in [-0.1, -0.05) is 6.07 Å². The molecule has 1 aliphatic rings. The molecule has 106 valence electrons. The summed E-state index contributed by atoms with van der Waals surface area (Å²) in [5.74, 6) is 0. The zero-order chi connectivity index (χ0) is 13.7. The smallest absolute Gasteiger partial charge is 0.314 e. The molecule has 1 saturated heterocycles. The number of carbonyl (C=O) groups is 1. The number of hydrogen-bond donors (Lipinski definition) is 2. The van der Waals surface area contributed by atoms with E-state index in [0.717, 1.165) is 26.2 Å². The Morgan fingerprint density at radius 3 is 2.74 bits per heavy atom. The standard InChI is InChI=1S/C13H22N4OS/c1-14-13(18)15-10-11(12-4-3-9-19-12)17-7-5-16(2)6-8-17/h3-4,9,11H,5-8,10H2,1-2H3,(H2,14,15,18). The van der Waals surface area contributed by atoms with E-state index in [4.69, 9.17) is 0 Å². The number of rotatable bonds is 4. The van der Waals surface area contributed by atoms with Crippen LogP contribution in [-0.4, -0.2) is 62.7 Å². The van der Waals surface area contributed by atoms with Crippen molar-refractivity contribution < 1.29 is 4.79 Å². The first kappa shape index (κ1) is 14.3. The highest BCUT2D eigenvalue weighted by atomic mass is 32.1. The van der Waals surface area contributed by atoms with Gasteiger partial charge in [0.25, 0.3) is 0 Å². The van der Waals surface area contributed by atoms with Crippen molar-refractivity contribution in [1.29, 1.82) is 0 Å². The van der Waals surface area contributed by atoms with Crippen molar-refractivity contribution in [2.45, 2.75) is 6.04 Å². The van der Waals surface area contributed by atoms with Crippen LogP contribution in [0.15, 0.2) is 17.5 Å². The van der Waals surface area contributed by atoms with E-state index in [-0.39, 0.29) is 12.1 Å². The molecule has 0 aliphatic carbocycles. The topological polar surface area (TPSA) is 47.6 Å². The second-order valence-electron chi connectivity index (χ2n) is 4.83. The molecule has 1 atom stereocenters. The minimum Gasteiger partial charge on any atom is -0.341 e. The molecule has 0 aromatic carbocycles. The van der Waals surface area contributed by atoms with Crippen LogP contribution in [-0.2, 0) is 0 Å². The second-order valence-corrected chi connectivity index (χ2v) is 5.81. The Kier molecular flexibility index (Phi) is 5.18. The SMILES string of the molecule is CNC(=O)NCC(c1cccs1)N1CCN(C)CC1. The van der Waals surface area contributed by atoms with Crippen LogP contribution in [0.2, 0.25) is 0 Å². The number of nitrogens with zero attached hydrogens (tertiary/aromatic N) is 2. The summed E-state index contributed by atoms with van der Waals surface area (Å²) >= 11 is 1.76. The highest BCUT2D eigenvalue weighted by Crippen LogP contribution is 2.25. The predicted octanol–water partition coefficient (Wildman–Crippen LogP) is 0.966. The Bertz CT molecular complexity index is 387. The molecule has 2 amide bonds. The van der Waals surface area contributed by atoms with E-state index in [0.29, 0.717) is 6.54 Å². The molecule has 0 spiro atoms. The highest BCUT2D eigenvalue weighted by molar-refractivity contribution is 7.10. The molecule has 2 N–H and O–H groups in total. The molecule has 19 heavy (non-hydrogen) atoms. The summed E-state index contributed by atoms with van der Waals surface area (Å²) in [6, 6.07) is 4.39. The lowest BCUT2D eigenvalue weighted by Gasteiger charge is -2.37. The monoisotopic (exact) mass is 282 g/mol. The first-order valence-corrected chi connectivity index (χ1v) is 7.50. The fourth-order valence-corrected chi connectivity index (χ4v) is 3.16. The average Bonchev–Trinajstić information content (AvgIpc) is 2.94. The van der Waals surface area contributed by atoms with Gasteiger partial charge in [0.2, 0.25) is 0 Å². The maximum Gasteiger partial charge on any atom is 0.314 e. The lowest BCUT2D eigenvalue weighted by atomic mass is 10.1. The van der Waals surface area contributed by atoms with Gasteiger partial charge in [0.15, 0.2) is 0 Å². The Morgan fingerprint density at radius 1 is 1.42 bits per heavy atom. The van der Waals surface area contributed by atoms with E-state index in [9.17, 15) is 4.79 Å². The van der Waals surface area contributed by atoms with Gasteiger partial charge >= 0.3 is 6.03 Å². The van der Waals surface area contributed by atoms with E-state index in [2.05, 4.69) is 45.0 Å². The molecule has 1 fully saturated rings. The van der Waals surface area contributed by atoms with Crippen LogP contribution in [0.25, 0.3) is 0 Å². The Labute approximate surface area is 118 Å². The summed E-state index contributed by atoms with van der Waals surface area (Å²) in [5.41, 5.74) is 0.